The molecule has 0 radical (unpaired) electrons. The summed E-state index contributed by atoms with van der Waals surface area (Å²) < 4.78 is 0. The largest absolute Gasteiger partial charge is 0.321 e. The van der Waals surface area contributed by atoms with Crippen LogP contribution in [0.15, 0.2) is 82.7 Å². The molecule has 0 bridgehead atoms. The number of carbonyl (C=O) groups excluding carboxylic acids is 1. The van der Waals surface area contributed by atoms with Gasteiger partial charge < -0.3 is 4.98 Å². The lowest BCUT2D eigenvalue weighted by atomic mass is 9.90. The molecule has 1 aromatic heterocycles. The third kappa shape index (κ3) is 3.83. The number of pyridine rings is 1. The number of carbonyl (C=O) groups is 1. The molecular formula is C29H27N3O2. The molecule has 4 aromatic rings. The number of rotatable bonds is 4. The first-order valence-electron chi connectivity index (χ1n) is 11.6. The second-order valence-electron chi connectivity index (χ2n) is 8.89. The maximum absolute atomic E-state index is 13.5. The van der Waals surface area contributed by atoms with Crippen molar-refractivity contribution in [3.63, 3.8) is 0 Å². The van der Waals surface area contributed by atoms with Gasteiger partial charge in [-0.2, -0.15) is 5.10 Å². The summed E-state index contributed by atoms with van der Waals surface area (Å²) in [6.07, 6.45) is 0.827. The maximum Gasteiger partial charge on any atom is 0.258 e. The molecule has 1 aliphatic heterocycles. The first-order valence-corrected chi connectivity index (χ1v) is 11.6. The minimum Gasteiger partial charge on any atom is -0.321 e. The summed E-state index contributed by atoms with van der Waals surface area (Å²) in [6, 6.07) is 23.9. The number of H-pyrrole nitrogens is 1. The smallest absolute Gasteiger partial charge is 0.258 e. The van der Waals surface area contributed by atoms with E-state index in [1.165, 1.54) is 0 Å². The van der Waals surface area contributed by atoms with E-state index in [1.807, 2.05) is 81.4 Å². The van der Waals surface area contributed by atoms with E-state index in [2.05, 4.69) is 17.1 Å². The minimum atomic E-state index is -0.237. The molecule has 3 aromatic carbocycles. The van der Waals surface area contributed by atoms with E-state index in [4.69, 9.17) is 5.10 Å². The Kier molecular flexibility index (Phi) is 5.62. The van der Waals surface area contributed by atoms with Crippen molar-refractivity contribution in [1.29, 1.82) is 0 Å². The fourth-order valence-corrected chi connectivity index (χ4v) is 4.78. The number of hydrogen-bond acceptors (Lipinski definition) is 3. The van der Waals surface area contributed by atoms with Gasteiger partial charge in [-0.1, -0.05) is 78.7 Å². The second kappa shape index (κ2) is 8.75. The van der Waals surface area contributed by atoms with Crippen LogP contribution in [0.4, 0.5) is 0 Å². The lowest BCUT2D eigenvalue weighted by molar-refractivity contribution is -0.132. The number of nitrogens with one attached hydrogen (secondary N) is 1. The van der Waals surface area contributed by atoms with E-state index >= 15 is 0 Å². The lowest BCUT2D eigenvalue weighted by Gasteiger charge is -2.21. The second-order valence-corrected chi connectivity index (χ2v) is 8.89. The summed E-state index contributed by atoms with van der Waals surface area (Å²) in [7, 11) is 0. The van der Waals surface area contributed by atoms with Crippen molar-refractivity contribution in [2.45, 2.75) is 39.7 Å². The number of hydrogen-bond donors (Lipinski definition) is 1. The number of nitrogens with zero attached hydrogens (tertiary/aromatic N) is 2. The van der Waals surface area contributed by atoms with Gasteiger partial charge in [-0.15, -0.1) is 0 Å². The third-order valence-electron chi connectivity index (χ3n) is 6.42. The molecule has 1 aliphatic rings. The van der Waals surface area contributed by atoms with Crippen LogP contribution in [0.1, 0.15) is 48.1 Å². The molecule has 1 unspecified atom stereocenters. The van der Waals surface area contributed by atoms with Crippen LogP contribution in [0.25, 0.3) is 22.0 Å². The third-order valence-corrected chi connectivity index (χ3v) is 6.42. The average molecular weight is 450 g/mol. The highest BCUT2D eigenvalue weighted by molar-refractivity contribution is 6.13. The molecule has 1 atom stereocenters. The predicted molar refractivity (Wildman–Crippen MR) is 137 cm³/mol. The first kappa shape index (κ1) is 21.8. The molecule has 5 nitrogen and oxygen atoms in total. The Morgan fingerprint density at radius 3 is 2.47 bits per heavy atom. The van der Waals surface area contributed by atoms with Crippen molar-refractivity contribution in [2.24, 2.45) is 5.10 Å². The molecule has 5 heteroatoms. The molecule has 170 valence electrons. The van der Waals surface area contributed by atoms with Crippen molar-refractivity contribution >= 4 is 22.5 Å². The Morgan fingerprint density at radius 2 is 1.74 bits per heavy atom. The molecule has 0 aliphatic carbocycles. The standard InChI is InChI=1S/C29H27N3O2/c1-4-26(33)32-25(21-12-8-9-18(2)15-21)17-24(31-32)28-27(20-10-6-5-7-11-20)22-16-19(3)13-14-23(22)30-29(28)34/h5-16,25H,4,17H2,1-3H3,(H,30,34). The Morgan fingerprint density at radius 1 is 0.971 bits per heavy atom. The lowest BCUT2D eigenvalue weighted by Crippen LogP contribution is -2.26. The predicted octanol–water partition coefficient (Wildman–Crippen LogP) is 5.90. The van der Waals surface area contributed by atoms with Gasteiger partial charge in [0.1, 0.15) is 0 Å². The molecule has 1 N–H and O–H groups in total. The van der Waals surface area contributed by atoms with Crippen LogP contribution in [-0.4, -0.2) is 21.6 Å². The SMILES string of the molecule is CCC(=O)N1N=C(c2c(-c3ccccc3)c3cc(C)ccc3[nH]c2=O)CC1c1cccc(C)c1. The van der Waals surface area contributed by atoms with Crippen LogP contribution in [0.5, 0.6) is 0 Å². The van der Waals surface area contributed by atoms with Gasteiger partial charge in [-0.3, -0.25) is 9.59 Å². The highest BCUT2D eigenvalue weighted by Gasteiger charge is 2.34. The van der Waals surface area contributed by atoms with E-state index in [0.29, 0.717) is 24.1 Å². The average Bonchev–Trinajstić information content (AvgIpc) is 3.28. The Hall–Kier alpha value is -3.99. The van der Waals surface area contributed by atoms with Gasteiger partial charge in [0.2, 0.25) is 5.91 Å². The van der Waals surface area contributed by atoms with E-state index in [-0.39, 0.29) is 17.5 Å². The van der Waals surface area contributed by atoms with Crippen molar-refractivity contribution < 1.29 is 4.79 Å². The zero-order chi connectivity index (χ0) is 23.8. The highest BCUT2D eigenvalue weighted by Crippen LogP contribution is 2.37. The van der Waals surface area contributed by atoms with Crippen molar-refractivity contribution in [1.82, 2.24) is 9.99 Å². The summed E-state index contributed by atoms with van der Waals surface area (Å²) >= 11 is 0. The van der Waals surface area contributed by atoms with Gasteiger partial charge in [-0.05, 0) is 37.1 Å². The van der Waals surface area contributed by atoms with Crippen LogP contribution in [-0.2, 0) is 4.79 Å². The summed E-state index contributed by atoms with van der Waals surface area (Å²) in [4.78, 5) is 29.4. The van der Waals surface area contributed by atoms with Crippen LogP contribution in [0, 0.1) is 13.8 Å². The molecule has 0 saturated carbocycles. The molecule has 1 amide bonds. The normalized spacial score (nSPS) is 15.6. The molecule has 0 spiro atoms. The Bertz CT molecular complexity index is 1480. The van der Waals surface area contributed by atoms with Gasteiger partial charge in [0.25, 0.3) is 5.56 Å². The van der Waals surface area contributed by atoms with Crippen molar-refractivity contribution in [2.75, 3.05) is 0 Å². The topological polar surface area (TPSA) is 65.5 Å². The molecular weight excluding hydrogens is 422 g/mol. The van der Waals surface area contributed by atoms with E-state index in [0.717, 1.165) is 38.7 Å². The van der Waals surface area contributed by atoms with E-state index < -0.39 is 0 Å². The Labute approximate surface area is 198 Å². The summed E-state index contributed by atoms with van der Waals surface area (Å²) in [5.74, 6) is -0.0594. The van der Waals surface area contributed by atoms with Crippen LogP contribution < -0.4 is 5.56 Å². The highest BCUT2D eigenvalue weighted by atomic mass is 16.2. The van der Waals surface area contributed by atoms with Crippen LogP contribution >= 0.6 is 0 Å². The number of amides is 1. The van der Waals surface area contributed by atoms with E-state index in [1.54, 1.807) is 5.01 Å². The van der Waals surface area contributed by atoms with Gasteiger partial charge in [-0.25, -0.2) is 5.01 Å². The van der Waals surface area contributed by atoms with Gasteiger partial charge in [0.05, 0.1) is 17.3 Å². The number of aromatic nitrogens is 1. The minimum absolute atomic E-state index is 0.0594. The van der Waals surface area contributed by atoms with Crippen molar-refractivity contribution in [3.8, 4) is 11.1 Å². The van der Waals surface area contributed by atoms with Gasteiger partial charge in [0.15, 0.2) is 0 Å². The van der Waals surface area contributed by atoms with Crippen LogP contribution in [0.3, 0.4) is 0 Å². The quantitative estimate of drug-likeness (QED) is 0.422. The van der Waals surface area contributed by atoms with Gasteiger partial charge >= 0.3 is 0 Å². The fourth-order valence-electron chi connectivity index (χ4n) is 4.78. The summed E-state index contributed by atoms with van der Waals surface area (Å²) in [5.41, 5.74) is 6.83. The molecule has 2 heterocycles. The zero-order valence-corrected chi connectivity index (χ0v) is 19.6. The molecule has 0 fully saturated rings. The van der Waals surface area contributed by atoms with Crippen molar-refractivity contribution in [3.05, 3.63) is 105 Å². The molecule has 0 saturated heterocycles. The fraction of sp³-hybridized carbons (Fsp3) is 0.207. The zero-order valence-electron chi connectivity index (χ0n) is 19.6. The number of aryl methyl sites for hydroxylation is 2. The number of hydrazone groups is 1. The van der Waals surface area contributed by atoms with E-state index in [9.17, 15) is 9.59 Å². The number of fused-ring (bicyclic) bond motifs is 1. The maximum atomic E-state index is 13.5. The number of aromatic amines is 1. The molecule has 5 rings (SSSR count). The monoisotopic (exact) mass is 449 g/mol. The van der Waals surface area contributed by atoms with Crippen LogP contribution in [0.2, 0.25) is 0 Å². The first-order chi connectivity index (χ1) is 16.5. The summed E-state index contributed by atoms with van der Waals surface area (Å²) in [5, 5.41) is 7.31. The summed E-state index contributed by atoms with van der Waals surface area (Å²) in [6.45, 7) is 5.92. The number of benzene rings is 3. The Balaban J connectivity index is 1.75. The molecule has 34 heavy (non-hydrogen) atoms. The van der Waals surface area contributed by atoms with Gasteiger partial charge in [0, 0.05) is 29.3 Å².